The number of thiazole rings is 1. The standard InChI is InChI=1S/C13H14ClN3OS/c1-2-13(18)17-9-3-4-11(14)12(5-9)15-6-10-7-19-8-16-10/h3-5,7-8,15H,2,6H2,1H3,(H,17,18). The van der Waals surface area contributed by atoms with Crippen LogP contribution in [0.25, 0.3) is 0 Å². The van der Waals surface area contributed by atoms with E-state index in [-0.39, 0.29) is 5.91 Å². The van der Waals surface area contributed by atoms with Gasteiger partial charge in [-0.05, 0) is 18.2 Å². The normalized spacial score (nSPS) is 10.2. The molecule has 2 rings (SSSR count). The number of halogens is 1. The largest absolute Gasteiger partial charge is 0.378 e. The Balaban J connectivity index is 2.06. The molecule has 1 aromatic carbocycles. The molecule has 100 valence electrons. The number of hydrogen-bond donors (Lipinski definition) is 2. The van der Waals surface area contributed by atoms with E-state index in [0.29, 0.717) is 18.0 Å². The van der Waals surface area contributed by atoms with Crippen LogP contribution < -0.4 is 10.6 Å². The van der Waals surface area contributed by atoms with E-state index in [9.17, 15) is 4.79 Å². The summed E-state index contributed by atoms with van der Waals surface area (Å²) in [4.78, 5) is 15.5. The summed E-state index contributed by atoms with van der Waals surface area (Å²) >= 11 is 7.67. The van der Waals surface area contributed by atoms with Crippen molar-refractivity contribution in [3.8, 4) is 0 Å². The van der Waals surface area contributed by atoms with Gasteiger partial charge in [-0.2, -0.15) is 0 Å². The highest BCUT2D eigenvalue weighted by Gasteiger charge is 2.05. The van der Waals surface area contributed by atoms with Crippen LogP contribution in [0.4, 0.5) is 11.4 Å². The van der Waals surface area contributed by atoms with Crippen LogP contribution >= 0.6 is 22.9 Å². The first-order chi connectivity index (χ1) is 9.19. The molecule has 0 bridgehead atoms. The van der Waals surface area contributed by atoms with Gasteiger partial charge >= 0.3 is 0 Å². The molecule has 4 nitrogen and oxygen atoms in total. The van der Waals surface area contributed by atoms with Crippen molar-refractivity contribution < 1.29 is 4.79 Å². The molecule has 19 heavy (non-hydrogen) atoms. The molecule has 0 saturated carbocycles. The fourth-order valence-corrected chi connectivity index (χ4v) is 2.24. The maximum atomic E-state index is 11.3. The second kappa shape index (κ2) is 6.54. The molecular weight excluding hydrogens is 282 g/mol. The Labute approximate surface area is 120 Å². The molecule has 0 aliphatic heterocycles. The van der Waals surface area contributed by atoms with Gasteiger partial charge in [-0.15, -0.1) is 11.3 Å². The Hall–Kier alpha value is -1.59. The number of aromatic nitrogens is 1. The quantitative estimate of drug-likeness (QED) is 0.883. The van der Waals surface area contributed by atoms with Gasteiger partial charge in [0.1, 0.15) is 0 Å². The second-order valence-corrected chi connectivity index (χ2v) is 5.06. The van der Waals surface area contributed by atoms with Crippen molar-refractivity contribution in [3.05, 3.63) is 39.8 Å². The molecule has 0 radical (unpaired) electrons. The predicted molar refractivity (Wildman–Crippen MR) is 79.8 cm³/mol. The summed E-state index contributed by atoms with van der Waals surface area (Å²) in [6.07, 6.45) is 0.449. The zero-order chi connectivity index (χ0) is 13.7. The molecule has 0 aliphatic rings. The molecule has 1 aromatic heterocycles. The Kier molecular flexibility index (Phi) is 4.76. The molecule has 2 N–H and O–H groups in total. The van der Waals surface area contributed by atoms with Crippen LogP contribution in [0.1, 0.15) is 19.0 Å². The molecule has 0 unspecified atom stereocenters. The lowest BCUT2D eigenvalue weighted by atomic mass is 10.2. The molecule has 1 heterocycles. The fraction of sp³-hybridized carbons (Fsp3) is 0.231. The highest BCUT2D eigenvalue weighted by molar-refractivity contribution is 7.07. The summed E-state index contributed by atoms with van der Waals surface area (Å²) in [5, 5.41) is 8.60. The number of amides is 1. The highest BCUT2D eigenvalue weighted by atomic mass is 35.5. The third-order valence-corrected chi connectivity index (χ3v) is 3.48. The summed E-state index contributed by atoms with van der Waals surface area (Å²) in [7, 11) is 0. The van der Waals surface area contributed by atoms with Gasteiger partial charge in [-0.3, -0.25) is 4.79 Å². The third-order valence-electron chi connectivity index (χ3n) is 2.51. The van der Waals surface area contributed by atoms with Crippen LogP contribution in [0.2, 0.25) is 5.02 Å². The minimum absolute atomic E-state index is 0.0206. The van der Waals surface area contributed by atoms with E-state index in [1.807, 2.05) is 18.4 Å². The summed E-state index contributed by atoms with van der Waals surface area (Å²) in [6.45, 7) is 2.42. The van der Waals surface area contributed by atoms with Gasteiger partial charge in [0.2, 0.25) is 5.91 Å². The summed E-state index contributed by atoms with van der Waals surface area (Å²) in [5.41, 5.74) is 4.26. The monoisotopic (exact) mass is 295 g/mol. The SMILES string of the molecule is CCC(=O)Nc1ccc(Cl)c(NCc2cscn2)c1. The maximum absolute atomic E-state index is 11.3. The molecule has 2 aromatic rings. The van der Waals surface area contributed by atoms with Crippen molar-refractivity contribution in [2.45, 2.75) is 19.9 Å². The zero-order valence-electron chi connectivity index (χ0n) is 10.4. The van der Waals surface area contributed by atoms with E-state index >= 15 is 0 Å². The lowest BCUT2D eigenvalue weighted by molar-refractivity contribution is -0.115. The molecular formula is C13H14ClN3OS. The number of benzene rings is 1. The number of hydrogen-bond acceptors (Lipinski definition) is 4. The second-order valence-electron chi connectivity index (χ2n) is 3.93. The average molecular weight is 296 g/mol. The van der Waals surface area contributed by atoms with Gasteiger partial charge in [-0.25, -0.2) is 4.98 Å². The number of anilines is 2. The molecule has 6 heteroatoms. The van der Waals surface area contributed by atoms with E-state index in [2.05, 4.69) is 15.6 Å². The predicted octanol–water partition coefficient (Wildman–Crippen LogP) is 3.76. The first kappa shape index (κ1) is 13.8. The molecule has 0 saturated heterocycles. The smallest absolute Gasteiger partial charge is 0.224 e. The molecule has 0 atom stereocenters. The molecule has 0 spiro atoms. The van der Waals surface area contributed by atoms with E-state index in [0.717, 1.165) is 17.1 Å². The Bertz CT molecular complexity index is 557. The Morgan fingerprint density at radius 3 is 3.00 bits per heavy atom. The maximum Gasteiger partial charge on any atom is 0.224 e. The molecule has 0 aliphatic carbocycles. The van der Waals surface area contributed by atoms with Crippen molar-refractivity contribution in [2.75, 3.05) is 10.6 Å². The van der Waals surface area contributed by atoms with Gasteiger partial charge in [0.15, 0.2) is 0 Å². The number of nitrogens with one attached hydrogen (secondary N) is 2. The number of rotatable bonds is 5. The van der Waals surface area contributed by atoms with Crippen LogP contribution in [0.3, 0.4) is 0 Å². The summed E-state index contributed by atoms with van der Waals surface area (Å²) in [6, 6.07) is 5.36. The van der Waals surface area contributed by atoms with E-state index in [4.69, 9.17) is 11.6 Å². The van der Waals surface area contributed by atoms with Crippen LogP contribution in [-0.2, 0) is 11.3 Å². The first-order valence-corrected chi connectivity index (χ1v) is 7.21. The van der Waals surface area contributed by atoms with E-state index < -0.39 is 0 Å². The van der Waals surface area contributed by atoms with Crippen molar-refractivity contribution in [3.63, 3.8) is 0 Å². The summed E-state index contributed by atoms with van der Waals surface area (Å²) < 4.78 is 0. The zero-order valence-corrected chi connectivity index (χ0v) is 12.0. The minimum atomic E-state index is -0.0206. The van der Waals surface area contributed by atoms with Gasteiger partial charge < -0.3 is 10.6 Å². The van der Waals surface area contributed by atoms with Gasteiger partial charge in [-0.1, -0.05) is 18.5 Å². The number of nitrogens with zero attached hydrogens (tertiary/aromatic N) is 1. The van der Waals surface area contributed by atoms with Crippen molar-refractivity contribution in [1.82, 2.24) is 4.98 Å². The minimum Gasteiger partial charge on any atom is -0.378 e. The van der Waals surface area contributed by atoms with Crippen molar-refractivity contribution in [2.24, 2.45) is 0 Å². The van der Waals surface area contributed by atoms with Crippen molar-refractivity contribution >= 4 is 40.2 Å². The highest BCUT2D eigenvalue weighted by Crippen LogP contribution is 2.26. The molecule has 0 fully saturated rings. The topological polar surface area (TPSA) is 54.0 Å². The van der Waals surface area contributed by atoms with E-state index in [1.165, 1.54) is 0 Å². The van der Waals surface area contributed by atoms with E-state index in [1.54, 1.807) is 29.0 Å². The van der Waals surface area contributed by atoms with Gasteiger partial charge in [0.05, 0.1) is 28.5 Å². The molecule has 1 amide bonds. The Morgan fingerprint density at radius 1 is 1.47 bits per heavy atom. The summed E-state index contributed by atoms with van der Waals surface area (Å²) in [5.74, 6) is -0.0206. The van der Waals surface area contributed by atoms with Crippen molar-refractivity contribution in [1.29, 1.82) is 0 Å². The van der Waals surface area contributed by atoms with Crippen LogP contribution in [0, 0.1) is 0 Å². The fourth-order valence-electron chi connectivity index (χ4n) is 1.50. The van der Waals surface area contributed by atoms with Crippen LogP contribution in [0.5, 0.6) is 0 Å². The lowest BCUT2D eigenvalue weighted by Crippen LogP contribution is -2.09. The number of carbonyl (C=O) groups is 1. The number of carbonyl (C=O) groups excluding carboxylic acids is 1. The first-order valence-electron chi connectivity index (χ1n) is 5.89. The van der Waals surface area contributed by atoms with Crippen LogP contribution in [0.15, 0.2) is 29.1 Å². The third kappa shape index (κ3) is 3.94. The lowest BCUT2D eigenvalue weighted by Gasteiger charge is -2.10. The Morgan fingerprint density at radius 2 is 2.32 bits per heavy atom. The van der Waals surface area contributed by atoms with Crippen LogP contribution in [-0.4, -0.2) is 10.9 Å². The van der Waals surface area contributed by atoms with Gasteiger partial charge in [0.25, 0.3) is 0 Å². The average Bonchev–Trinajstić information content (AvgIpc) is 2.92. The van der Waals surface area contributed by atoms with Gasteiger partial charge in [0, 0.05) is 17.5 Å².